The summed E-state index contributed by atoms with van der Waals surface area (Å²) in [5.41, 5.74) is 2.57. The van der Waals surface area contributed by atoms with Crippen molar-refractivity contribution in [2.75, 3.05) is 30.9 Å². The number of hydrogen-bond acceptors (Lipinski definition) is 4. The quantitative estimate of drug-likeness (QED) is 0.724. The van der Waals surface area contributed by atoms with Gasteiger partial charge in [-0.1, -0.05) is 18.2 Å². The van der Waals surface area contributed by atoms with Crippen LogP contribution in [0.15, 0.2) is 24.3 Å². The number of rotatable bonds is 7. The molecule has 0 aliphatic carbocycles. The summed E-state index contributed by atoms with van der Waals surface area (Å²) < 4.78 is 20.3. The summed E-state index contributed by atoms with van der Waals surface area (Å²) in [6.45, 7) is 8.73. The number of fused-ring (bicyclic) bond motifs is 1. The zero-order chi connectivity index (χ0) is 14.4. The van der Waals surface area contributed by atoms with Crippen molar-refractivity contribution in [2.24, 2.45) is 0 Å². The van der Waals surface area contributed by atoms with Gasteiger partial charge in [-0.25, -0.2) is 0 Å². The highest BCUT2D eigenvalue weighted by molar-refractivity contribution is 6.65. The van der Waals surface area contributed by atoms with Gasteiger partial charge in [-0.05, 0) is 45.2 Å². The first kappa shape index (κ1) is 15.5. The Balaban J connectivity index is 2.38. The van der Waals surface area contributed by atoms with E-state index in [-0.39, 0.29) is 0 Å². The second-order valence-corrected chi connectivity index (χ2v) is 7.16. The van der Waals surface area contributed by atoms with Gasteiger partial charge in [-0.2, -0.15) is 0 Å². The third-order valence-corrected chi connectivity index (χ3v) is 6.51. The molecule has 0 atom stereocenters. The van der Waals surface area contributed by atoms with E-state index >= 15 is 0 Å². The molecule has 0 amide bonds. The Labute approximate surface area is 123 Å². The van der Waals surface area contributed by atoms with Gasteiger partial charge < -0.3 is 17.8 Å². The molecule has 0 unspecified atom stereocenters. The largest absolute Gasteiger partial charge is 0.633 e. The van der Waals surface area contributed by atoms with Gasteiger partial charge >= 0.3 is 8.97 Å². The Morgan fingerprint density at radius 1 is 1.00 bits per heavy atom. The van der Waals surface area contributed by atoms with Crippen molar-refractivity contribution in [3.8, 4) is 0 Å². The maximum absolute atomic E-state index is 6.03. The highest BCUT2D eigenvalue weighted by Gasteiger charge is 2.50. The third-order valence-electron chi connectivity index (χ3n) is 3.42. The molecule has 0 fully saturated rings. The average molecular weight is 295 g/mol. The third kappa shape index (κ3) is 3.06. The number of aryl methyl sites for hydroxylation is 1. The van der Waals surface area contributed by atoms with Crippen molar-refractivity contribution in [2.45, 2.75) is 33.6 Å². The van der Waals surface area contributed by atoms with Gasteiger partial charge in [0.05, 0.1) is 0 Å². The number of anilines is 1. The maximum atomic E-state index is 6.03. The van der Waals surface area contributed by atoms with Crippen LogP contribution in [-0.4, -0.2) is 35.3 Å². The SMILES string of the molecule is CCO[Si](OCC)(OCC)N1CCCc2ccccc21. The van der Waals surface area contributed by atoms with Gasteiger partial charge in [0.25, 0.3) is 0 Å². The minimum atomic E-state index is -2.81. The van der Waals surface area contributed by atoms with E-state index in [1.807, 2.05) is 20.8 Å². The first-order valence-electron chi connectivity index (χ1n) is 7.54. The fourth-order valence-corrected chi connectivity index (χ4v) is 5.48. The van der Waals surface area contributed by atoms with Crippen molar-refractivity contribution >= 4 is 14.7 Å². The fourth-order valence-electron chi connectivity index (χ4n) is 2.72. The number of nitrogens with zero attached hydrogens (tertiary/aromatic N) is 1. The molecule has 20 heavy (non-hydrogen) atoms. The van der Waals surface area contributed by atoms with E-state index < -0.39 is 8.97 Å². The minimum absolute atomic E-state index is 0.602. The lowest BCUT2D eigenvalue weighted by Gasteiger charge is -2.41. The van der Waals surface area contributed by atoms with E-state index in [0.717, 1.165) is 19.4 Å². The second-order valence-electron chi connectivity index (χ2n) is 4.71. The standard InChI is InChI=1S/C15H25NO3Si/c1-4-17-20(18-5-2,19-6-3)16-13-9-11-14-10-7-8-12-15(14)16/h7-8,10,12H,4-6,9,11,13H2,1-3H3. The summed E-state index contributed by atoms with van der Waals surface area (Å²) in [4.78, 5) is 0. The normalized spacial score (nSPS) is 15.2. The zero-order valence-corrected chi connectivity index (χ0v) is 13.7. The molecule has 1 aliphatic rings. The van der Waals surface area contributed by atoms with Crippen LogP contribution < -0.4 is 4.57 Å². The van der Waals surface area contributed by atoms with Crippen molar-refractivity contribution in [3.63, 3.8) is 0 Å². The van der Waals surface area contributed by atoms with Crippen molar-refractivity contribution in [3.05, 3.63) is 29.8 Å². The minimum Gasteiger partial charge on any atom is -0.357 e. The van der Waals surface area contributed by atoms with E-state index in [4.69, 9.17) is 13.3 Å². The van der Waals surface area contributed by atoms with E-state index in [1.54, 1.807) is 0 Å². The van der Waals surface area contributed by atoms with Crippen LogP contribution in [0.3, 0.4) is 0 Å². The van der Waals surface area contributed by atoms with Gasteiger partial charge in [0.2, 0.25) is 0 Å². The summed E-state index contributed by atoms with van der Waals surface area (Å²) >= 11 is 0. The van der Waals surface area contributed by atoms with Gasteiger partial charge in [0.1, 0.15) is 0 Å². The second kappa shape index (κ2) is 7.22. The van der Waals surface area contributed by atoms with Gasteiger partial charge in [-0.15, -0.1) is 0 Å². The average Bonchev–Trinajstić information content (AvgIpc) is 2.47. The number of para-hydroxylation sites is 1. The van der Waals surface area contributed by atoms with Crippen LogP contribution in [0.5, 0.6) is 0 Å². The van der Waals surface area contributed by atoms with Crippen LogP contribution in [0.1, 0.15) is 32.8 Å². The van der Waals surface area contributed by atoms with Crippen LogP contribution in [0, 0.1) is 0 Å². The van der Waals surface area contributed by atoms with E-state index in [0.29, 0.717) is 19.8 Å². The predicted molar refractivity (Wildman–Crippen MR) is 82.7 cm³/mol. The summed E-state index contributed by atoms with van der Waals surface area (Å²) in [7, 11) is -2.81. The Bertz CT molecular complexity index is 410. The maximum Gasteiger partial charge on any atom is 0.633 e. The molecular weight excluding hydrogens is 270 g/mol. The van der Waals surface area contributed by atoms with Crippen LogP contribution in [0.4, 0.5) is 5.69 Å². The Morgan fingerprint density at radius 2 is 1.60 bits per heavy atom. The molecule has 1 aromatic carbocycles. The topological polar surface area (TPSA) is 30.9 Å². The Morgan fingerprint density at radius 3 is 2.20 bits per heavy atom. The summed E-state index contributed by atoms with van der Waals surface area (Å²) in [5, 5.41) is 0. The molecule has 0 radical (unpaired) electrons. The first-order chi connectivity index (χ1) is 9.77. The van der Waals surface area contributed by atoms with Crippen molar-refractivity contribution in [1.29, 1.82) is 0 Å². The molecule has 1 heterocycles. The van der Waals surface area contributed by atoms with Gasteiger partial charge in [-0.3, -0.25) is 0 Å². The van der Waals surface area contributed by atoms with Crippen LogP contribution >= 0.6 is 0 Å². The summed E-state index contributed by atoms with van der Waals surface area (Å²) in [5.74, 6) is 0. The molecule has 0 saturated carbocycles. The molecule has 0 aromatic heterocycles. The van der Waals surface area contributed by atoms with Crippen LogP contribution in [-0.2, 0) is 19.7 Å². The molecule has 0 N–H and O–H groups in total. The van der Waals surface area contributed by atoms with Crippen molar-refractivity contribution in [1.82, 2.24) is 0 Å². The number of hydrogen-bond donors (Lipinski definition) is 0. The van der Waals surface area contributed by atoms with E-state index in [2.05, 4.69) is 28.8 Å². The number of benzene rings is 1. The lowest BCUT2D eigenvalue weighted by molar-refractivity contribution is 0.0685. The molecular formula is C15H25NO3Si. The molecule has 2 rings (SSSR count). The molecule has 0 saturated heterocycles. The lowest BCUT2D eigenvalue weighted by atomic mass is 10.0. The van der Waals surface area contributed by atoms with E-state index in [9.17, 15) is 0 Å². The van der Waals surface area contributed by atoms with Gasteiger partial charge in [0.15, 0.2) is 0 Å². The highest BCUT2D eigenvalue weighted by Crippen LogP contribution is 2.32. The smallest absolute Gasteiger partial charge is 0.357 e. The van der Waals surface area contributed by atoms with Crippen LogP contribution in [0.2, 0.25) is 0 Å². The molecule has 4 nitrogen and oxygen atoms in total. The molecule has 5 heteroatoms. The van der Waals surface area contributed by atoms with E-state index in [1.165, 1.54) is 11.3 Å². The fraction of sp³-hybridized carbons (Fsp3) is 0.600. The molecule has 0 spiro atoms. The van der Waals surface area contributed by atoms with Gasteiger partial charge in [0, 0.05) is 32.1 Å². The monoisotopic (exact) mass is 295 g/mol. The molecule has 1 aromatic rings. The first-order valence-corrected chi connectivity index (χ1v) is 9.22. The Hall–Kier alpha value is -0.883. The predicted octanol–water partition coefficient (Wildman–Crippen LogP) is 2.98. The highest BCUT2D eigenvalue weighted by atomic mass is 28.4. The summed E-state index contributed by atoms with van der Waals surface area (Å²) in [6, 6.07) is 8.49. The van der Waals surface area contributed by atoms with Crippen LogP contribution in [0.25, 0.3) is 0 Å². The Kier molecular flexibility index (Phi) is 5.60. The van der Waals surface area contributed by atoms with Crippen molar-refractivity contribution < 1.29 is 13.3 Å². The molecule has 1 aliphatic heterocycles. The molecule has 0 bridgehead atoms. The lowest BCUT2D eigenvalue weighted by Crippen LogP contribution is -2.63. The zero-order valence-electron chi connectivity index (χ0n) is 12.7. The molecule has 112 valence electrons. The summed E-state index contributed by atoms with van der Waals surface area (Å²) in [6.07, 6.45) is 2.22.